The van der Waals surface area contributed by atoms with Gasteiger partial charge in [-0.3, -0.25) is 19.2 Å². The maximum atomic E-state index is 13.0. The predicted molar refractivity (Wildman–Crippen MR) is 224 cm³/mol. The fraction of sp³-hybridized carbons (Fsp3) is 0.545. The first-order chi connectivity index (χ1) is 30.2. The summed E-state index contributed by atoms with van der Waals surface area (Å²) >= 11 is 0. The fourth-order valence-electron chi connectivity index (χ4n) is 9.59. The summed E-state index contributed by atoms with van der Waals surface area (Å²) in [7, 11) is 3.36. The largest absolute Gasteiger partial charge is 0.489 e. The van der Waals surface area contributed by atoms with Gasteiger partial charge in [-0.15, -0.1) is 10.2 Å². The molecule has 0 spiro atoms. The lowest BCUT2D eigenvalue weighted by Crippen LogP contribution is -2.49. The minimum Gasteiger partial charge on any atom is -0.489 e. The number of aryl methyl sites for hydroxylation is 2. The van der Waals surface area contributed by atoms with Crippen LogP contribution in [-0.4, -0.2) is 119 Å². The third-order valence-corrected chi connectivity index (χ3v) is 13.0. The van der Waals surface area contributed by atoms with Gasteiger partial charge in [0, 0.05) is 53.4 Å². The van der Waals surface area contributed by atoms with E-state index in [1.807, 2.05) is 57.9 Å². The summed E-state index contributed by atoms with van der Waals surface area (Å²) in [5.41, 5.74) is 1.36. The maximum Gasteiger partial charge on any atom is 0.291 e. The minimum absolute atomic E-state index is 0.0597. The van der Waals surface area contributed by atoms with Gasteiger partial charge in [-0.2, -0.15) is 0 Å². The SMILES string of the molecule is CN1C(=O)[C@@H](NC(=O)c2nc3n(n2)[C@@H](C2CCOCC2)CCC3)COc2ccccc21.CN1C(=O)[C@@H](NC(=O)c2nc3n(n2)[C@H](C2CCOCC2)CCC3)COc2ccccc21. The number of fused-ring (bicyclic) bond motifs is 4. The van der Waals surface area contributed by atoms with Gasteiger partial charge in [0.05, 0.1) is 23.5 Å². The normalized spacial score (nSPS) is 24.0. The van der Waals surface area contributed by atoms with Crippen LogP contribution in [-0.2, 0) is 31.9 Å². The highest BCUT2D eigenvalue weighted by Crippen LogP contribution is 2.37. The van der Waals surface area contributed by atoms with Gasteiger partial charge in [-0.05, 0) is 87.5 Å². The number of carbonyl (C=O) groups excluding carboxylic acids is 4. The molecule has 2 aromatic heterocycles. The van der Waals surface area contributed by atoms with Gasteiger partial charge in [-0.1, -0.05) is 24.3 Å². The molecule has 0 radical (unpaired) electrons. The highest BCUT2D eigenvalue weighted by molar-refractivity contribution is 6.03. The van der Waals surface area contributed by atoms with E-state index in [1.165, 1.54) is 9.80 Å². The molecule has 0 aliphatic carbocycles. The Morgan fingerprint density at radius 3 is 1.42 bits per heavy atom. The zero-order valence-corrected chi connectivity index (χ0v) is 35.2. The zero-order valence-electron chi connectivity index (χ0n) is 35.2. The summed E-state index contributed by atoms with van der Waals surface area (Å²) in [6, 6.07) is 13.5. The number of aromatic nitrogens is 6. The second-order valence-corrected chi connectivity index (χ2v) is 16.8. The van der Waals surface area contributed by atoms with E-state index in [0.717, 1.165) is 102 Å². The number of anilines is 2. The van der Waals surface area contributed by atoms with E-state index in [9.17, 15) is 19.2 Å². The number of benzene rings is 2. The number of ether oxygens (including phenoxy) is 4. The lowest BCUT2D eigenvalue weighted by Gasteiger charge is -2.33. The number of hydrogen-bond acceptors (Lipinski definition) is 12. The molecule has 328 valence electrons. The highest BCUT2D eigenvalue weighted by Gasteiger charge is 2.37. The molecule has 2 saturated heterocycles. The van der Waals surface area contributed by atoms with Crippen molar-refractivity contribution in [2.75, 3.05) is 63.5 Å². The number of para-hydroxylation sites is 4. The first-order valence-electron chi connectivity index (χ1n) is 21.9. The minimum atomic E-state index is -0.809. The number of amides is 4. The molecule has 0 unspecified atom stereocenters. The molecule has 4 atom stereocenters. The smallest absolute Gasteiger partial charge is 0.291 e. The van der Waals surface area contributed by atoms with Crippen molar-refractivity contribution in [1.29, 1.82) is 0 Å². The summed E-state index contributed by atoms with van der Waals surface area (Å²) in [6.07, 6.45) is 9.81. The second kappa shape index (κ2) is 18.2. The monoisotopic (exact) mass is 850 g/mol. The van der Waals surface area contributed by atoms with Gasteiger partial charge < -0.3 is 39.4 Å². The lowest BCUT2D eigenvalue weighted by atomic mass is 9.87. The van der Waals surface area contributed by atoms with Crippen molar-refractivity contribution >= 4 is 35.0 Å². The summed E-state index contributed by atoms with van der Waals surface area (Å²) in [5, 5.41) is 14.7. The van der Waals surface area contributed by atoms with Crippen LogP contribution < -0.4 is 29.9 Å². The van der Waals surface area contributed by atoms with Crippen LogP contribution in [0.2, 0.25) is 0 Å². The molecular weight excluding hydrogens is 797 g/mol. The van der Waals surface area contributed by atoms with E-state index in [0.29, 0.717) is 34.7 Å². The number of hydrogen-bond donors (Lipinski definition) is 2. The van der Waals surface area contributed by atoms with Crippen molar-refractivity contribution in [2.45, 2.75) is 88.4 Å². The second-order valence-electron chi connectivity index (χ2n) is 16.8. The standard InChI is InChI=1S/2C22H27N5O4/c2*1-26-17-5-2-3-7-18(17)31-13-15(22(26)29)23-21(28)20-24-19-8-4-6-16(27(19)25-20)14-9-11-30-12-10-14/h2*2-3,5,7,14-16H,4,6,8-13H2,1H3,(H,23,28)/t15-,16+;15-,16-/m00/s1. The van der Waals surface area contributed by atoms with Crippen molar-refractivity contribution in [3.63, 3.8) is 0 Å². The van der Waals surface area contributed by atoms with Crippen LogP contribution in [0.5, 0.6) is 11.5 Å². The molecule has 2 fully saturated rings. The Morgan fingerprint density at radius 1 is 0.597 bits per heavy atom. The molecule has 0 saturated carbocycles. The van der Waals surface area contributed by atoms with Crippen LogP contribution in [0.3, 0.4) is 0 Å². The molecule has 2 aromatic carbocycles. The summed E-state index contributed by atoms with van der Waals surface area (Å²) in [6.45, 7) is 3.22. The van der Waals surface area contributed by atoms with Gasteiger partial charge in [0.15, 0.2) is 0 Å². The number of nitrogens with one attached hydrogen (secondary N) is 2. The summed E-state index contributed by atoms with van der Waals surface area (Å²) < 4.78 is 26.5. The van der Waals surface area contributed by atoms with Crippen molar-refractivity contribution in [2.24, 2.45) is 11.8 Å². The first-order valence-corrected chi connectivity index (χ1v) is 21.9. The van der Waals surface area contributed by atoms with Gasteiger partial charge >= 0.3 is 0 Å². The average molecular weight is 851 g/mol. The topological polar surface area (TPSA) is 197 Å². The Labute approximate surface area is 359 Å². The molecule has 8 heterocycles. The Kier molecular flexibility index (Phi) is 12.2. The Morgan fingerprint density at radius 2 is 1.00 bits per heavy atom. The number of nitrogens with zero attached hydrogens (tertiary/aromatic N) is 8. The van der Waals surface area contributed by atoms with Crippen LogP contribution >= 0.6 is 0 Å². The van der Waals surface area contributed by atoms with Gasteiger partial charge in [0.25, 0.3) is 23.6 Å². The molecule has 4 amide bonds. The third-order valence-electron chi connectivity index (χ3n) is 13.0. The summed E-state index contributed by atoms with van der Waals surface area (Å²) in [4.78, 5) is 63.8. The van der Waals surface area contributed by atoms with E-state index in [1.54, 1.807) is 14.1 Å². The summed E-state index contributed by atoms with van der Waals surface area (Å²) in [5.74, 6) is 2.78. The van der Waals surface area contributed by atoms with Crippen LogP contribution in [0.15, 0.2) is 48.5 Å². The van der Waals surface area contributed by atoms with Crippen LogP contribution in [0.1, 0.15) is 96.3 Å². The van der Waals surface area contributed by atoms with Crippen LogP contribution in [0.4, 0.5) is 11.4 Å². The van der Waals surface area contributed by atoms with Crippen molar-refractivity contribution in [3.05, 3.63) is 71.8 Å². The molecule has 10 rings (SSSR count). The number of carbonyl (C=O) groups is 4. The van der Waals surface area contributed by atoms with Crippen LogP contribution in [0.25, 0.3) is 0 Å². The molecular formula is C44H54N10O8. The van der Waals surface area contributed by atoms with Gasteiger partial charge in [-0.25, -0.2) is 19.3 Å². The molecule has 6 aliphatic rings. The lowest BCUT2D eigenvalue weighted by molar-refractivity contribution is -0.121. The molecule has 18 heteroatoms. The number of likely N-dealkylation sites (N-methyl/N-ethyl adjacent to an activating group) is 2. The Balaban J connectivity index is 0.000000158. The third kappa shape index (κ3) is 8.49. The average Bonchev–Trinajstić information content (AvgIpc) is 3.92. The van der Waals surface area contributed by atoms with E-state index < -0.39 is 23.9 Å². The molecule has 18 nitrogen and oxygen atoms in total. The molecule has 6 aliphatic heterocycles. The van der Waals surface area contributed by atoms with E-state index >= 15 is 0 Å². The molecule has 2 N–H and O–H groups in total. The van der Waals surface area contributed by atoms with Crippen molar-refractivity contribution < 1.29 is 38.1 Å². The molecule has 0 bridgehead atoms. The van der Waals surface area contributed by atoms with Gasteiger partial charge in [0.1, 0.15) is 48.4 Å². The Bertz CT molecular complexity index is 2130. The Hall–Kier alpha value is -5.88. The van der Waals surface area contributed by atoms with E-state index in [4.69, 9.17) is 18.9 Å². The predicted octanol–water partition coefficient (Wildman–Crippen LogP) is 3.47. The van der Waals surface area contributed by atoms with Crippen molar-refractivity contribution in [3.8, 4) is 11.5 Å². The van der Waals surface area contributed by atoms with Gasteiger partial charge in [0.2, 0.25) is 11.6 Å². The van der Waals surface area contributed by atoms with E-state index in [-0.39, 0.29) is 48.8 Å². The molecule has 4 aromatic rings. The van der Waals surface area contributed by atoms with Crippen LogP contribution in [0, 0.1) is 11.8 Å². The maximum absolute atomic E-state index is 13.0. The molecule has 62 heavy (non-hydrogen) atoms. The van der Waals surface area contributed by atoms with Crippen molar-refractivity contribution in [1.82, 2.24) is 40.2 Å². The quantitative estimate of drug-likeness (QED) is 0.287. The fourth-order valence-corrected chi connectivity index (χ4v) is 9.59. The zero-order chi connectivity index (χ0) is 42.7. The van der Waals surface area contributed by atoms with E-state index in [2.05, 4.69) is 30.8 Å². The number of rotatable bonds is 6. The highest BCUT2D eigenvalue weighted by atomic mass is 16.5. The first kappa shape index (κ1) is 41.5.